The van der Waals surface area contributed by atoms with E-state index in [2.05, 4.69) is 11.5 Å². The molecule has 0 radical (unpaired) electrons. The molecule has 0 aliphatic rings. The minimum absolute atomic E-state index is 0.787. The first-order valence-corrected chi connectivity index (χ1v) is 3.81. The molecule has 0 saturated heterocycles. The van der Waals surface area contributed by atoms with Crippen LogP contribution in [0.3, 0.4) is 0 Å². The van der Waals surface area contributed by atoms with Crippen LogP contribution in [0.5, 0.6) is 5.75 Å². The minimum Gasteiger partial charge on any atom is -0.495 e. The van der Waals surface area contributed by atoms with Gasteiger partial charge in [0, 0.05) is 0 Å². The average molecular weight is 166 g/mol. The molecule has 0 unspecified atom stereocenters. The molecule has 3 N–H and O–H groups in total. The molecule has 0 fully saturated rings. The fourth-order valence-electron chi connectivity index (χ4n) is 1.27. The Balaban J connectivity index is 3.24. The molecular formula is C9H14N2O. The Kier molecular flexibility index (Phi) is 2.55. The van der Waals surface area contributed by atoms with Crippen LogP contribution < -0.4 is 16.0 Å². The van der Waals surface area contributed by atoms with E-state index in [0.29, 0.717) is 0 Å². The number of rotatable bonds is 2. The first-order chi connectivity index (χ1) is 5.69. The zero-order valence-electron chi connectivity index (χ0n) is 7.64. The van der Waals surface area contributed by atoms with Crippen LogP contribution in [-0.4, -0.2) is 7.11 Å². The molecule has 0 spiro atoms. The molecule has 0 aliphatic heterocycles. The summed E-state index contributed by atoms with van der Waals surface area (Å²) in [6, 6.07) is 4.00. The number of nitrogens with one attached hydrogen (secondary N) is 1. The van der Waals surface area contributed by atoms with Crippen LogP contribution >= 0.6 is 0 Å². The van der Waals surface area contributed by atoms with Gasteiger partial charge in [0.25, 0.3) is 0 Å². The second-order valence-electron chi connectivity index (χ2n) is 2.80. The number of methoxy groups -OCH3 is 1. The van der Waals surface area contributed by atoms with Gasteiger partial charge in [0.1, 0.15) is 5.75 Å². The second kappa shape index (κ2) is 3.45. The maximum Gasteiger partial charge on any atom is 0.143 e. The van der Waals surface area contributed by atoms with E-state index >= 15 is 0 Å². The van der Waals surface area contributed by atoms with Gasteiger partial charge in [0.15, 0.2) is 0 Å². The first kappa shape index (κ1) is 8.87. The highest BCUT2D eigenvalue weighted by Crippen LogP contribution is 2.28. The van der Waals surface area contributed by atoms with Crippen LogP contribution in [0, 0.1) is 13.8 Å². The number of benzene rings is 1. The van der Waals surface area contributed by atoms with Crippen molar-refractivity contribution in [3.8, 4) is 5.75 Å². The van der Waals surface area contributed by atoms with Crippen molar-refractivity contribution in [2.45, 2.75) is 13.8 Å². The van der Waals surface area contributed by atoms with Crippen LogP contribution in [0.2, 0.25) is 0 Å². The van der Waals surface area contributed by atoms with Gasteiger partial charge in [0.05, 0.1) is 12.8 Å². The zero-order valence-corrected chi connectivity index (χ0v) is 7.64. The number of ether oxygens (including phenoxy) is 1. The molecule has 0 atom stereocenters. The van der Waals surface area contributed by atoms with E-state index in [-0.39, 0.29) is 0 Å². The molecule has 3 heteroatoms. The number of hydrogen-bond acceptors (Lipinski definition) is 3. The Morgan fingerprint density at radius 1 is 1.33 bits per heavy atom. The molecule has 1 rings (SSSR count). The van der Waals surface area contributed by atoms with Gasteiger partial charge in [-0.05, 0) is 31.0 Å². The monoisotopic (exact) mass is 166 g/mol. The third kappa shape index (κ3) is 1.51. The summed E-state index contributed by atoms with van der Waals surface area (Å²) < 4.78 is 5.16. The van der Waals surface area contributed by atoms with Crippen molar-refractivity contribution in [3.05, 3.63) is 23.3 Å². The third-order valence-electron chi connectivity index (χ3n) is 1.81. The average Bonchev–Trinajstić information content (AvgIpc) is 2.03. The lowest BCUT2D eigenvalue weighted by atomic mass is 10.1. The standard InChI is InChI=1S/C9H14N2O/c1-6-4-7(2)9(11-10)8(5-6)12-3/h4-5,11H,10H2,1-3H3. The third-order valence-corrected chi connectivity index (χ3v) is 1.81. The van der Waals surface area contributed by atoms with Crippen molar-refractivity contribution in [1.29, 1.82) is 0 Å². The van der Waals surface area contributed by atoms with Crippen LogP contribution in [0.25, 0.3) is 0 Å². The van der Waals surface area contributed by atoms with Gasteiger partial charge >= 0.3 is 0 Å². The highest BCUT2D eigenvalue weighted by Gasteiger charge is 2.04. The summed E-state index contributed by atoms with van der Waals surface area (Å²) in [5.74, 6) is 6.13. The fraction of sp³-hybridized carbons (Fsp3) is 0.333. The van der Waals surface area contributed by atoms with E-state index in [0.717, 1.165) is 17.0 Å². The maximum absolute atomic E-state index is 5.35. The predicted molar refractivity (Wildman–Crippen MR) is 50.3 cm³/mol. The van der Waals surface area contributed by atoms with E-state index in [1.54, 1.807) is 7.11 Å². The number of anilines is 1. The van der Waals surface area contributed by atoms with Crippen molar-refractivity contribution >= 4 is 5.69 Å². The largest absolute Gasteiger partial charge is 0.495 e. The lowest BCUT2D eigenvalue weighted by Gasteiger charge is -2.11. The van der Waals surface area contributed by atoms with Gasteiger partial charge in [-0.2, -0.15) is 0 Å². The molecule has 1 aromatic rings. The van der Waals surface area contributed by atoms with Gasteiger partial charge in [-0.3, -0.25) is 5.84 Å². The lowest BCUT2D eigenvalue weighted by Crippen LogP contribution is -2.09. The Morgan fingerprint density at radius 2 is 2.00 bits per heavy atom. The normalized spacial score (nSPS) is 9.67. The van der Waals surface area contributed by atoms with E-state index in [1.165, 1.54) is 5.56 Å². The lowest BCUT2D eigenvalue weighted by molar-refractivity contribution is 0.416. The van der Waals surface area contributed by atoms with Gasteiger partial charge < -0.3 is 10.2 Å². The van der Waals surface area contributed by atoms with Crippen LogP contribution in [-0.2, 0) is 0 Å². The topological polar surface area (TPSA) is 47.3 Å². The Labute approximate surface area is 72.5 Å². The smallest absolute Gasteiger partial charge is 0.143 e. The molecule has 66 valence electrons. The molecule has 0 aromatic heterocycles. The van der Waals surface area contributed by atoms with Crippen molar-refractivity contribution in [2.24, 2.45) is 5.84 Å². The van der Waals surface area contributed by atoms with Crippen molar-refractivity contribution < 1.29 is 4.74 Å². The Hall–Kier alpha value is -1.22. The first-order valence-electron chi connectivity index (χ1n) is 3.81. The van der Waals surface area contributed by atoms with Gasteiger partial charge in [-0.1, -0.05) is 6.07 Å². The summed E-state index contributed by atoms with van der Waals surface area (Å²) in [4.78, 5) is 0. The van der Waals surface area contributed by atoms with E-state index < -0.39 is 0 Å². The van der Waals surface area contributed by atoms with Crippen molar-refractivity contribution in [1.82, 2.24) is 0 Å². The Bertz CT molecular complexity index is 284. The quantitative estimate of drug-likeness (QED) is 0.518. The number of aryl methyl sites for hydroxylation is 2. The molecule has 12 heavy (non-hydrogen) atoms. The van der Waals surface area contributed by atoms with Gasteiger partial charge in [-0.25, -0.2) is 0 Å². The maximum atomic E-state index is 5.35. The molecule has 3 nitrogen and oxygen atoms in total. The fourth-order valence-corrected chi connectivity index (χ4v) is 1.27. The van der Waals surface area contributed by atoms with Crippen molar-refractivity contribution in [2.75, 3.05) is 12.5 Å². The predicted octanol–water partition coefficient (Wildman–Crippen LogP) is 1.60. The zero-order chi connectivity index (χ0) is 9.14. The SMILES string of the molecule is COc1cc(C)cc(C)c1NN. The highest BCUT2D eigenvalue weighted by molar-refractivity contribution is 5.62. The number of nitrogen functional groups attached to an aromatic ring is 1. The molecule has 0 bridgehead atoms. The second-order valence-corrected chi connectivity index (χ2v) is 2.80. The van der Waals surface area contributed by atoms with Crippen molar-refractivity contribution in [3.63, 3.8) is 0 Å². The Morgan fingerprint density at radius 3 is 2.50 bits per heavy atom. The summed E-state index contributed by atoms with van der Waals surface area (Å²) in [5.41, 5.74) is 5.73. The summed E-state index contributed by atoms with van der Waals surface area (Å²) >= 11 is 0. The minimum atomic E-state index is 0.787. The molecule has 0 heterocycles. The summed E-state index contributed by atoms with van der Waals surface area (Å²) in [5, 5.41) is 0. The number of hydrogen-bond donors (Lipinski definition) is 2. The van der Waals surface area contributed by atoms with E-state index in [4.69, 9.17) is 10.6 Å². The van der Waals surface area contributed by atoms with E-state index in [1.807, 2.05) is 19.9 Å². The summed E-state index contributed by atoms with van der Waals surface area (Å²) in [6.45, 7) is 4.01. The van der Waals surface area contributed by atoms with Gasteiger partial charge in [0.2, 0.25) is 0 Å². The molecule has 0 amide bonds. The number of nitrogens with two attached hydrogens (primary N) is 1. The van der Waals surface area contributed by atoms with Crippen LogP contribution in [0.15, 0.2) is 12.1 Å². The molecular weight excluding hydrogens is 152 g/mol. The van der Waals surface area contributed by atoms with E-state index in [9.17, 15) is 0 Å². The van der Waals surface area contributed by atoms with Crippen LogP contribution in [0.4, 0.5) is 5.69 Å². The number of hydrazine groups is 1. The highest BCUT2D eigenvalue weighted by atomic mass is 16.5. The molecule has 0 aliphatic carbocycles. The summed E-state index contributed by atoms with van der Waals surface area (Å²) in [6.07, 6.45) is 0. The molecule has 0 saturated carbocycles. The summed E-state index contributed by atoms with van der Waals surface area (Å²) in [7, 11) is 1.63. The molecule has 1 aromatic carbocycles. The van der Waals surface area contributed by atoms with Crippen LogP contribution in [0.1, 0.15) is 11.1 Å². The van der Waals surface area contributed by atoms with Gasteiger partial charge in [-0.15, -0.1) is 0 Å².